The monoisotopic (exact) mass is 325 g/mol. The summed E-state index contributed by atoms with van der Waals surface area (Å²) in [6.07, 6.45) is 7.31. The van der Waals surface area contributed by atoms with E-state index in [4.69, 9.17) is 5.73 Å². The standard InChI is InChI=1S/C16H19N7O/c1-10-5-14-16(18-3-4-23(14)20-10)22-8-12(13(9-22)15(17)24)11-6-19-21(2)7-11/h3-7,12-13H,8-9H2,1-2H3,(H2,17,24)/t12-,13+/m1/s1. The third-order valence-corrected chi connectivity index (χ3v) is 4.63. The summed E-state index contributed by atoms with van der Waals surface area (Å²) in [6, 6.07) is 2.00. The Balaban J connectivity index is 1.73. The first-order valence-corrected chi connectivity index (χ1v) is 7.86. The Hall–Kier alpha value is -2.90. The predicted molar refractivity (Wildman–Crippen MR) is 88.6 cm³/mol. The van der Waals surface area contributed by atoms with Crippen LogP contribution in [0.25, 0.3) is 5.52 Å². The van der Waals surface area contributed by atoms with Gasteiger partial charge in [0.15, 0.2) is 5.82 Å². The van der Waals surface area contributed by atoms with Crippen LogP contribution in [0.15, 0.2) is 30.9 Å². The largest absolute Gasteiger partial charge is 0.369 e. The number of hydrogen-bond donors (Lipinski definition) is 1. The second-order valence-corrected chi connectivity index (χ2v) is 6.33. The number of aromatic nitrogens is 5. The number of nitrogens with zero attached hydrogens (tertiary/aromatic N) is 6. The molecule has 2 atom stereocenters. The van der Waals surface area contributed by atoms with Crippen molar-refractivity contribution in [2.75, 3.05) is 18.0 Å². The van der Waals surface area contributed by atoms with Gasteiger partial charge in [0.1, 0.15) is 5.52 Å². The van der Waals surface area contributed by atoms with Crippen molar-refractivity contribution < 1.29 is 4.79 Å². The van der Waals surface area contributed by atoms with Crippen LogP contribution in [0.3, 0.4) is 0 Å². The molecular formula is C16H19N7O. The Morgan fingerprint density at radius 3 is 2.92 bits per heavy atom. The van der Waals surface area contributed by atoms with Crippen LogP contribution in [0.2, 0.25) is 0 Å². The summed E-state index contributed by atoms with van der Waals surface area (Å²) in [7, 11) is 1.87. The molecule has 0 aliphatic carbocycles. The van der Waals surface area contributed by atoms with Crippen molar-refractivity contribution in [1.82, 2.24) is 24.4 Å². The molecule has 4 rings (SSSR count). The van der Waals surface area contributed by atoms with Crippen LogP contribution in [0, 0.1) is 12.8 Å². The molecule has 1 aliphatic heterocycles. The smallest absolute Gasteiger partial charge is 0.223 e. The Labute approximate surface area is 138 Å². The van der Waals surface area contributed by atoms with Gasteiger partial charge in [0, 0.05) is 44.6 Å². The topological polar surface area (TPSA) is 94.3 Å². The van der Waals surface area contributed by atoms with Gasteiger partial charge in [0.2, 0.25) is 5.91 Å². The maximum atomic E-state index is 12.0. The molecule has 4 heterocycles. The Morgan fingerprint density at radius 2 is 2.21 bits per heavy atom. The zero-order valence-corrected chi connectivity index (χ0v) is 13.6. The van der Waals surface area contributed by atoms with Crippen molar-refractivity contribution in [3.8, 4) is 0 Å². The lowest BCUT2D eigenvalue weighted by Crippen LogP contribution is -2.29. The zero-order chi connectivity index (χ0) is 16.8. The Bertz CT molecular complexity index is 912. The van der Waals surface area contributed by atoms with Gasteiger partial charge >= 0.3 is 0 Å². The molecule has 8 nitrogen and oxygen atoms in total. The molecule has 2 N–H and O–H groups in total. The number of fused-ring (bicyclic) bond motifs is 1. The van der Waals surface area contributed by atoms with Gasteiger partial charge in [-0.25, -0.2) is 9.50 Å². The number of hydrogen-bond acceptors (Lipinski definition) is 5. The Morgan fingerprint density at radius 1 is 1.38 bits per heavy atom. The van der Waals surface area contributed by atoms with Crippen LogP contribution >= 0.6 is 0 Å². The van der Waals surface area contributed by atoms with Gasteiger partial charge in [-0.15, -0.1) is 0 Å². The molecule has 0 unspecified atom stereocenters. The summed E-state index contributed by atoms with van der Waals surface area (Å²) in [6.45, 7) is 3.17. The second kappa shape index (κ2) is 5.33. The summed E-state index contributed by atoms with van der Waals surface area (Å²) < 4.78 is 3.56. The number of carbonyl (C=O) groups excluding carboxylic acids is 1. The van der Waals surface area contributed by atoms with E-state index in [9.17, 15) is 4.79 Å². The average Bonchev–Trinajstić information content (AvgIpc) is 3.22. The minimum Gasteiger partial charge on any atom is -0.369 e. The van der Waals surface area contributed by atoms with Crippen molar-refractivity contribution in [1.29, 1.82) is 0 Å². The fourth-order valence-electron chi connectivity index (χ4n) is 3.51. The molecule has 0 bridgehead atoms. The summed E-state index contributed by atoms with van der Waals surface area (Å²) in [4.78, 5) is 18.6. The third-order valence-electron chi connectivity index (χ3n) is 4.63. The fraction of sp³-hybridized carbons (Fsp3) is 0.375. The molecule has 124 valence electrons. The summed E-state index contributed by atoms with van der Waals surface area (Å²) in [5, 5.41) is 8.65. The lowest BCUT2D eigenvalue weighted by molar-refractivity contribution is -0.121. The third kappa shape index (κ3) is 2.31. The zero-order valence-electron chi connectivity index (χ0n) is 13.6. The van der Waals surface area contributed by atoms with Crippen LogP contribution in [-0.4, -0.2) is 43.4 Å². The number of anilines is 1. The van der Waals surface area contributed by atoms with Crippen LogP contribution < -0.4 is 10.6 Å². The van der Waals surface area contributed by atoms with E-state index in [0.717, 1.165) is 22.6 Å². The number of amides is 1. The SMILES string of the molecule is Cc1cc2c(N3C[C@H](C(N)=O)[C@@H](c4cnn(C)c4)C3)nccn2n1. The molecule has 24 heavy (non-hydrogen) atoms. The highest BCUT2D eigenvalue weighted by atomic mass is 16.1. The second-order valence-electron chi connectivity index (χ2n) is 6.33. The van der Waals surface area contributed by atoms with Crippen molar-refractivity contribution in [2.24, 2.45) is 18.7 Å². The molecule has 1 fully saturated rings. The molecule has 0 radical (unpaired) electrons. The number of primary amides is 1. The molecule has 1 amide bonds. The summed E-state index contributed by atoms with van der Waals surface area (Å²) >= 11 is 0. The van der Waals surface area contributed by atoms with Crippen LogP contribution in [0.1, 0.15) is 17.2 Å². The molecular weight excluding hydrogens is 306 g/mol. The fourth-order valence-corrected chi connectivity index (χ4v) is 3.51. The van der Waals surface area contributed by atoms with Crippen LogP contribution in [0.4, 0.5) is 5.82 Å². The quantitative estimate of drug-likeness (QED) is 0.756. The molecule has 0 saturated carbocycles. The van der Waals surface area contributed by atoms with Crippen molar-refractivity contribution >= 4 is 17.2 Å². The van der Waals surface area contributed by atoms with E-state index in [2.05, 4.69) is 20.1 Å². The lowest BCUT2D eigenvalue weighted by Gasteiger charge is -2.17. The molecule has 0 spiro atoms. The minimum absolute atomic E-state index is 0.0160. The first-order chi connectivity index (χ1) is 11.5. The normalized spacial score (nSPS) is 20.8. The highest BCUT2D eigenvalue weighted by Crippen LogP contribution is 2.35. The molecule has 3 aromatic rings. The van der Waals surface area contributed by atoms with E-state index >= 15 is 0 Å². The first-order valence-electron chi connectivity index (χ1n) is 7.86. The maximum absolute atomic E-state index is 12.0. The number of rotatable bonds is 3. The summed E-state index contributed by atoms with van der Waals surface area (Å²) in [5.41, 5.74) is 8.55. The number of carbonyl (C=O) groups is 1. The van der Waals surface area contributed by atoms with Gasteiger partial charge in [-0.05, 0) is 18.6 Å². The van der Waals surface area contributed by atoms with Crippen LogP contribution in [-0.2, 0) is 11.8 Å². The first kappa shape index (κ1) is 14.7. The van der Waals surface area contributed by atoms with E-state index in [0.29, 0.717) is 13.1 Å². The van der Waals surface area contributed by atoms with Crippen molar-refractivity contribution in [3.63, 3.8) is 0 Å². The maximum Gasteiger partial charge on any atom is 0.223 e. The number of aryl methyl sites for hydroxylation is 2. The highest BCUT2D eigenvalue weighted by molar-refractivity contribution is 5.80. The van der Waals surface area contributed by atoms with Gasteiger partial charge < -0.3 is 10.6 Å². The predicted octanol–water partition coefficient (Wildman–Crippen LogP) is 0.477. The van der Waals surface area contributed by atoms with Gasteiger partial charge in [0.05, 0.1) is 17.8 Å². The van der Waals surface area contributed by atoms with Gasteiger partial charge in [0.25, 0.3) is 0 Å². The van der Waals surface area contributed by atoms with E-state index in [1.807, 2.05) is 36.9 Å². The average molecular weight is 325 g/mol. The molecule has 1 aliphatic rings. The van der Waals surface area contributed by atoms with E-state index in [1.54, 1.807) is 17.1 Å². The van der Waals surface area contributed by atoms with Gasteiger partial charge in [-0.2, -0.15) is 10.2 Å². The molecule has 1 saturated heterocycles. The molecule has 3 aromatic heterocycles. The van der Waals surface area contributed by atoms with Crippen molar-refractivity contribution in [3.05, 3.63) is 42.1 Å². The van der Waals surface area contributed by atoms with E-state index in [1.165, 1.54) is 0 Å². The van der Waals surface area contributed by atoms with E-state index in [-0.39, 0.29) is 17.7 Å². The van der Waals surface area contributed by atoms with Gasteiger partial charge in [-0.1, -0.05) is 0 Å². The molecule has 0 aromatic carbocycles. The van der Waals surface area contributed by atoms with E-state index < -0.39 is 0 Å². The number of nitrogens with two attached hydrogens (primary N) is 1. The van der Waals surface area contributed by atoms with Crippen molar-refractivity contribution in [2.45, 2.75) is 12.8 Å². The summed E-state index contributed by atoms with van der Waals surface area (Å²) in [5.74, 6) is 0.293. The van der Waals surface area contributed by atoms with Crippen LogP contribution in [0.5, 0.6) is 0 Å². The van der Waals surface area contributed by atoms with Gasteiger partial charge in [-0.3, -0.25) is 9.48 Å². The minimum atomic E-state index is -0.289. The lowest BCUT2D eigenvalue weighted by atomic mass is 9.90. The highest BCUT2D eigenvalue weighted by Gasteiger charge is 2.39. The Kier molecular flexibility index (Phi) is 3.26. The molecule has 8 heteroatoms.